The van der Waals surface area contributed by atoms with Crippen LogP contribution in [0.25, 0.3) is 5.76 Å². The first-order chi connectivity index (χ1) is 15.4. The highest BCUT2D eigenvalue weighted by Gasteiger charge is 2.46. The average Bonchev–Trinajstić information content (AvgIpc) is 3.06. The van der Waals surface area contributed by atoms with Crippen LogP contribution >= 0.6 is 0 Å². The number of ether oxygens (including phenoxy) is 3. The number of hydrogen-bond acceptors (Lipinski definition) is 7. The molecule has 1 saturated heterocycles. The minimum atomic E-state index is -0.757. The lowest BCUT2D eigenvalue weighted by Gasteiger charge is -2.25. The molecule has 2 heterocycles. The number of rotatable bonds is 9. The van der Waals surface area contributed by atoms with E-state index in [2.05, 4.69) is 4.98 Å². The zero-order valence-corrected chi connectivity index (χ0v) is 18.7. The number of ketones is 1. The summed E-state index contributed by atoms with van der Waals surface area (Å²) in [6.45, 7) is 4.62. The standard InChI is InChI=1S/C24H28N2O6/c1-15(2)32-13-5-12-26-21(16-8-10-25-11-9-16)20(23(28)24(26)29)22(27)18-14-17(30-3)6-7-19(18)31-4/h6-11,14-15,21,27H,5,12-13H2,1-4H3/b22-20+. The first-order valence-corrected chi connectivity index (χ1v) is 10.4. The third kappa shape index (κ3) is 4.75. The Hall–Kier alpha value is -3.39. The predicted octanol–water partition coefficient (Wildman–Crippen LogP) is 3.34. The highest BCUT2D eigenvalue weighted by atomic mass is 16.5. The molecule has 1 atom stereocenters. The van der Waals surface area contributed by atoms with Crippen LogP contribution in [0.5, 0.6) is 11.5 Å². The van der Waals surface area contributed by atoms with Gasteiger partial charge < -0.3 is 24.2 Å². The van der Waals surface area contributed by atoms with Gasteiger partial charge in [-0.3, -0.25) is 14.6 Å². The maximum absolute atomic E-state index is 13.1. The molecule has 1 unspecified atom stereocenters. The van der Waals surface area contributed by atoms with Crippen LogP contribution in [0.2, 0.25) is 0 Å². The molecule has 0 radical (unpaired) electrons. The summed E-state index contributed by atoms with van der Waals surface area (Å²) in [5.41, 5.74) is 0.942. The molecule has 1 aliphatic rings. The van der Waals surface area contributed by atoms with Crippen molar-refractivity contribution in [3.8, 4) is 11.5 Å². The van der Waals surface area contributed by atoms with Crippen molar-refractivity contribution in [1.82, 2.24) is 9.88 Å². The van der Waals surface area contributed by atoms with E-state index in [0.29, 0.717) is 36.6 Å². The molecule has 1 fully saturated rings. The van der Waals surface area contributed by atoms with Gasteiger partial charge in [0.2, 0.25) is 0 Å². The van der Waals surface area contributed by atoms with Gasteiger partial charge >= 0.3 is 0 Å². The molecule has 1 aromatic carbocycles. The van der Waals surface area contributed by atoms with E-state index in [1.807, 2.05) is 13.8 Å². The van der Waals surface area contributed by atoms with E-state index in [1.54, 1.807) is 42.7 Å². The van der Waals surface area contributed by atoms with Crippen LogP contribution in [0, 0.1) is 0 Å². The molecule has 2 aromatic rings. The molecule has 170 valence electrons. The molecule has 8 heteroatoms. The van der Waals surface area contributed by atoms with E-state index >= 15 is 0 Å². The second-order valence-electron chi connectivity index (χ2n) is 7.61. The molecule has 3 rings (SSSR count). The fraction of sp³-hybridized carbons (Fsp3) is 0.375. The minimum Gasteiger partial charge on any atom is -0.507 e. The molecule has 0 bridgehead atoms. The summed E-state index contributed by atoms with van der Waals surface area (Å²) >= 11 is 0. The Morgan fingerprint density at radius 3 is 2.47 bits per heavy atom. The molecule has 0 spiro atoms. The van der Waals surface area contributed by atoms with E-state index in [-0.39, 0.29) is 23.0 Å². The Kier molecular flexibility index (Phi) is 7.48. The van der Waals surface area contributed by atoms with E-state index in [4.69, 9.17) is 14.2 Å². The number of benzene rings is 1. The Morgan fingerprint density at radius 1 is 1.12 bits per heavy atom. The molecule has 1 aliphatic heterocycles. The highest BCUT2D eigenvalue weighted by Crippen LogP contribution is 2.41. The number of carbonyl (C=O) groups excluding carboxylic acids is 2. The Balaban J connectivity index is 2.08. The number of Topliss-reactive ketones (excluding diaryl/α,β-unsaturated/α-hetero) is 1. The topological polar surface area (TPSA) is 98.2 Å². The number of amides is 1. The fourth-order valence-corrected chi connectivity index (χ4v) is 3.70. The van der Waals surface area contributed by atoms with Crippen molar-refractivity contribution in [2.45, 2.75) is 32.4 Å². The zero-order valence-electron chi connectivity index (χ0n) is 18.7. The summed E-state index contributed by atoms with van der Waals surface area (Å²) in [5, 5.41) is 11.2. The smallest absolute Gasteiger partial charge is 0.295 e. The van der Waals surface area contributed by atoms with Crippen molar-refractivity contribution in [3.05, 3.63) is 59.4 Å². The summed E-state index contributed by atoms with van der Waals surface area (Å²) in [4.78, 5) is 31.5. The third-order valence-corrected chi connectivity index (χ3v) is 5.22. The monoisotopic (exact) mass is 440 g/mol. The van der Waals surface area contributed by atoms with Crippen molar-refractivity contribution in [1.29, 1.82) is 0 Å². The number of likely N-dealkylation sites (tertiary alicyclic amines) is 1. The summed E-state index contributed by atoms with van der Waals surface area (Å²) < 4.78 is 16.2. The maximum Gasteiger partial charge on any atom is 0.295 e. The summed E-state index contributed by atoms with van der Waals surface area (Å²) in [6, 6.07) is 7.58. The number of aliphatic hydroxyl groups is 1. The van der Waals surface area contributed by atoms with Gasteiger partial charge in [-0.15, -0.1) is 0 Å². The van der Waals surface area contributed by atoms with Gasteiger partial charge in [0.05, 0.1) is 37.5 Å². The lowest BCUT2D eigenvalue weighted by Crippen LogP contribution is -2.31. The fourth-order valence-electron chi connectivity index (χ4n) is 3.70. The third-order valence-electron chi connectivity index (χ3n) is 5.22. The van der Waals surface area contributed by atoms with E-state index in [9.17, 15) is 14.7 Å². The molecule has 1 N–H and O–H groups in total. The van der Waals surface area contributed by atoms with E-state index in [0.717, 1.165) is 0 Å². The van der Waals surface area contributed by atoms with Gasteiger partial charge in [0.15, 0.2) is 0 Å². The largest absolute Gasteiger partial charge is 0.507 e. The first-order valence-electron chi connectivity index (χ1n) is 10.4. The van der Waals surface area contributed by atoms with Crippen molar-refractivity contribution in [3.63, 3.8) is 0 Å². The van der Waals surface area contributed by atoms with E-state index < -0.39 is 17.7 Å². The van der Waals surface area contributed by atoms with Crippen molar-refractivity contribution >= 4 is 17.4 Å². The normalized spacial score (nSPS) is 17.8. The number of aliphatic hydroxyl groups excluding tert-OH is 1. The van der Waals surface area contributed by atoms with Crippen LogP contribution in [0.1, 0.15) is 37.4 Å². The number of methoxy groups -OCH3 is 2. The number of aromatic nitrogens is 1. The molecule has 0 aliphatic carbocycles. The SMILES string of the molecule is COc1ccc(OC)c(/C(O)=C2\C(=O)C(=O)N(CCCOC(C)C)C2c2ccncc2)c1. The first kappa shape index (κ1) is 23.3. The van der Waals surface area contributed by atoms with Crippen LogP contribution in [0.4, 0.5) is 0 Å². The van der Waals surface area contributed by atoms with Gasteiger partial charge in [0.25, 0.3) is 11.7 Å². The highest BCUT2D eigenvalue weighted by molar-refractivity contribution is 6.46. The summed E-state index contributed by atoms with van der Waals surface area (Å²) in [5.74, 6) is -0.901. The molecular formula is C24H28N2O6. The number of nitrogens with zero attached hydrogens (tertiary/aromatic N) is 2. The van der Waals surface area contributed by atoms with Crippen molar-refractivity contribution in [2.75, 3.05) is 27.4 Å². The van der Waals surface area contributed by atoms with Gasteiger partial charge in [-0.2, -0.15) is 0 Å². The second kappa shape index (κ2) is 10.3. The van der Waals surface area contributed by atoms with Crippen molar-refractivity contribution < 1.29 is 28.9 Å². The van der Waals surface area contributed by atoms with Gasteiger partial charge in [0, 0.05) is 25.5 Å². The lowest BCUT2D eigenvalue weighted by molar-refractivity contribution is -0.140. The number of carbonyl (C=O) groups is 2. The van der Waals surface area contributed by atoms with Crippen LogP contribution in [-0.4, -0.2) is 60.2 Å². The van der Waals surface area contributed by atoms with Gasteiger partial charge in [-0.25, -0.2) is 0 Å². The molecule has 1 aromatic heterocycles. The number of pyridine rings is 1. The number of hydrogen-bond donors (Lipinski definition) is 1. The van der Waals surface area contributed by atoms with Gasteiger partial charge in [-0.1, -0.05) is 0 Å². The zero-order chi connectivity index (χ0) is 23.3. The van der Waals surface area contributed by atoms with Crippen LogP contribution < -0.4 is 9.47 Å². The second-order valence-corrected chi connectivity index (χ2v) is 7.61. The minimum absolute atomic E-state index is 0.00229. The molecule has 8 nitrogen and oxygen atoms in total. The Morgan fingerprint density at radius 2 is 1.84 bits per heavy atom. The van der Waals surface area contributed by atoms with Crippen LogP contribution in [0.15, 0.2) is 48.3 Å². The quantitative estimate of drug-likeness (QED) is 0.276. The maximum atomic E-state index is 13.1. The van der Waals surface area contributed by atoms with Crippen LogP contribution in [0.3, 0.4) is 0 Å². The molecular weight excluding hydrogens is 412 g/mol. The molecule has 0 saturated carbocycles. The van der Waals surface area contributed by atoms with Crippen molar-refractivity contribution in [2.24, 2.45) is 0 Å². The summed E-state index contributed by atoms with van der Waals surface area (Å²) in [6.07, 6.45) is 3.80. The van der Waals surface area contributed by atoms with Gasteiger partial charge in [0.1, 0.15) is 17.3 Å². The predicted molar refractivity (Wildman–Crippen MR) is 118 cm³/mol. The molecule has 32 heavy (non-hydrogen) atoms. The lowest BCUT2D eigenvalue weighted by atomic mass is 9.95. The van der Waals surface area contributed by atoms with E-state index in [1.165, 1.54) is 19.1 Å². The Bertz CT molecular complexity index is 1000. The van der Waals surface area contributed by atoms with Gasteiger partial charge in [-0.05, 0) is 56.2 Å². The molecule has 1 amide bonds. The average molecular weight is 440 g/mol. The van der Waals surface area contributed by atoms with Crippen LogP contribution in [-0.2, 0) is 14.3 Å². The Labute approximate surface area is 187 Å². The summed E-state index contributed by atoms with van der Waals surface area (Å²) in [7, 11) is 2.97.